The van der Waals surface area contributed by atoms with Crippen molar-refractivity contribution in [3.8, 4) is 11.3 Å². The summed E-state index contributed by atoms with van der Waals surface area (Å²) in [5.41, 5.74) is 5.12. The standard InChI is InChI=1S/C24H26ClN3O3/c1-14-10-27(11-15(2)30-14)24(29)23-16(3)21-20(31-23)9-6-18-13-28(26-22(18)21)12-17-4-7-19(25)8-5-17/h4-5,7-8,13-15H,6,9-12H2,1-3H3. The van der Waals surface area contributed by atoms with E-state index in [2.05, 4.69) is 6.20 Å². The predicted octanol–water partition coefficient (Wildman–Crippen LogP) is 4.50. The molecule has 0 bridgehead atoms. The number of benzene rings is 1. The molecule has 2 unspecified atom stereocenters. The summed E-state index contributed by atoms with van der Waals surface area (Å²) in [6.45, 7) is 7.79. The molecular formula is C24H26ClN3O3. The van der Waals surface area contributed by atoms with Gasteiger partial charge in [0.2, 0.25) is 0 Å². The van der Waals surface area contributed by atoms with E-state index in [0.29, 0.717) is 25.4 Å². The van der Waals surface area contributed by atoms with Crippen molar-refractivity contribution in [3.63, 3.8) is 0 Å². The average molecular weight is 440 g/mol. The molecule has 1 amide bonds. The summed E-state index contributed by atoms with van der Waals surface area (Å²) < 4.78 is 13.9. The lowest BCUT2D eigenvalue weighted by Crippen LogP contribution is -2.48. The second-order valence-corrected chi connectivity index (χ2v) is 9.09. The van der Waals surface area contributed by atoms with E-state index >= 15 is 0 Å². The maximum atomic E-state index is 13.3. The van der Waals surface area contributed by atoms with Crippen LogP contribution < -0.4 is 0 Å². The number of aromatic nitrogens is 2. The van der Waals surface area contributed by atoms with Crippen molar-refractivity contribution < 1.29 is 13.9 Å². The zero-order valence-electron chi connectivity index (χ0n) is 18.0. The van der Waals surface area contributed by atoms with Crippen LogP contribution in [0.1, 0.15) is 46.9 Å². The third-order valence-electron chi connectivity index (χ3n) is 6.07. The van der Waals surface area contributed by atoms with E-state index in [4.69, 9.17) is 25.9 Å². The Hall–Kier alpha value is -2.57. The smallest absolute Gasteiger partial charge is 0.290 e. The van der Waals surface area contributed by atoms with Crippen LogP contribution in [0.5, 0.6) is 0 Å². The van der Waals surface area contributed by atoms with Crippen LogP contribution in [-0.4, -0.2) is 45.9 Å². The lowest BCUT2D eigenvalue weighted by molar-refractivity contribution is -0.0592. The van der Waals surface area contributed by atoms with Gasteiger partial charge in [-0.05, 0) is 50.5 Å². The summed E-state index contributed by atoms with van der Waals surface area (Å²) in [6.07, 6.45) is 3.78. The molecule has 1 aliphatic carbocycles. The van der Waals surface area contributed by atoms with E-state index in [9.17, 15) is 4.79 Å². The number of hydrogen-bond acceptors (Lipinski definition) is 4. The summed E-state index contributed by atoms with van der Waals surface area (Å²) in [7, 11) is 0. The highest BCUT2D eigenvalue weighted by molar-refractivity contribution is 6.30. The van der Waals surface area contributed by atoms with Gasteiger partial charge in [0.1, 0.15) is 5.76 Å². The number of fused-ring (bicyclic) bond motifs is 3. The van der Waals surface area contributed by atoms with Crippen molar-refractivity contribution in [1.82, 2.24) is 14.7 Å². The molecule has 2 aliphatic rings. The molecule has 5 rings (SSSR count). The summed E-state index contributed by atoms with van der Waals surface area (Å²) in [5, 5.41) is 5.58. The SMILES string of the molecule is Cc1c(C(=O)N2CC(C)OC(C)C2)oc2c1-c1nn(Cc3ccc(Cl)cc3)cc1CC2. The number of halogens is 1. The van der Waals surface area contributed by atoms with Crippen molar-refractivity contribution in [3.05, 3.63) is 63.7 Å². The molecule has 6 nitrogen and oxygen atoms in total. The van der Waals surface area contributed by atoms with Crippen molar-refractivity contribution in [2.45, 2.75) is 52.4 Å². The van der Waals surface area contributed by atoms with E-state index in [1.807, 2.05) is 54.6 Å². The average Bonchev–Trinajstić information content (AvgIpc) is 3.28. The van der Waals surface area contributed by atoms with Gasteiger partial charge in [-0.25, -0.2) is 0 Å². The number of carbonyl (C=O) groups is 1. The maximum absolute atomic E-state index is 13.3. The van der Waals surface area contributed by atoms with Crippen molar-refractivity contribution in [2.24, 2.45) is 0 Å². The summed E-state index contributed by atoms with van der Waals surface area (Å²) in [5.74, 6) is 1.24. The van der Waals surface area contributed by atoms with E-state index in [0.717, 1.165) is 46.0 Å². The fourth-order valence-corrected chi connectivity index (χ4v) is 4.84. The van der Waals surface area contributed by atoms with Gasteiger partial charge in [0, 0.05) is 41.9 Å². The van der Waals surface area contributed by atoms with E-state index in [1.54, 1.807) is 0 Å². The number of rotatable bonds is 3. The molecule has 1 saturated heterocycles. The minimum Gasteiger partial charge on any atom is -0.455 e. The van der Waals surface area contributed by atoms with Crippen LogP contribution in [0.3, 0.4) is 0 Å². The van der Waals surface area contributed by atoms with Crippen LogP contribution in [0, 0.1) is 6.92 Å². The Labute approximate surface area is 186 Å². The number of hydrogen-bond donors (Lipinski definition) is 0. The first-order valence-corrected chi connectivity index (χ1v) is 11.1. The first kappa shape index (κ1) is 20.3. The topological polar surface area (TPSA) is 60.5 Å². The highest BCUT2D eigenvalue weighted by atomic mass is 35.5. The highest BCUT2D eigenvalue weighted by Gasteiger charge is 2.34. The maximum Gasteiger partial charge on any atom is 0.290 e. The number of amides is 1. The fourth-order valence-electron chi connectivity index (χ4n) is 4.71. The number of morpholine rings is 1. The Kier molecular flexibility index (Phi) is 5.15. The minimum absolute atomic E-state index is 0.0211. The molecule has 2 aromatic heterocycles. The third-order valence-corrected chi connectivity index (χ3v) is 6.33. The Bertz CT molecular complexity index is 1120. The number of aryl methyl sites for hydroxylation is 2. The van der Waals surface area contributed by atoms with Crippen LogP contribution in [0.25, 0.3) is 11.3 Å². The molecule has 0 spiro atoms. The van der Waals surface area contributed by atoms with Gasteiger partial charge < -0.3 is 14.1 Å². The first-order valence-electron chi connectivity index (χ1n) is 10.8. The molecule has 1 fully saturated rings. The van der Waals surface area contributed by atoms with Crippen LogP contribution in [0.2, 0.25) is 5.02 Å². The molecule has 0 radical (unpaired) electrons. The minimum atomic E-state index is -0.0592. The van der Waals surface area contributed by atoms with Gasteiger partial charge in [0.05, 0.1) is 24.4 Å². The lowest BCUT2D eigenvalue weighted by atomic mass is 9.93. The van der Waals surface area contributed by atoms with Crippen LogP contribution in [-0.2, 0) is 24.1 Å². The summed E-state index contributed by atoms with van der Waals surface area (Å²) in [4.78, 5) is 15.1. The van der Waals surface area contributed by atoms with Gasteiger partial charge >= 0.3 is 0 Å². The van der Waals surface area contributed by atoms with Crippen LogP contribution >= 0.6 is 11.6 Å². The van der Waals surface area contributed by atoms with Crippen LogP contribution in [0.4, 0.5) is 0 Å². The number of carbonyl (C=O) groups excluding carboxylic acids is 1. The van der Waals surface area contributed by atoms with Crippen molar-refractivity contribution in [1.29, 1.82) is 0 Å². The summed E-state index contributed by atoms with van der Waals surface area (Å²) >= 11 is 6.00. The summed E-state index contributed by atoms with van der Waals surface area (Å²) in [6, 6.07) is 7.81. The van der Waals surface area contributed by atoms with Gasteiger partial charge in [-0.15, -0.1) is 0 Å². The number of ether oxygens (including phenoxy) is 1. The van der Waals surface area contributed by atoms with Crippen molar-refractivity contribution >= 4 is 17.5 Å². The van der Waals surface area contributed by atoms with Gasteiger partial charge in [0.15, 0.2) is 5.76 Å². The molecule has 31 heavy (non-hydrogen) atoms. The Balaban J connectivity index is 1.44. The number of nitrogens with zero attached hydrogens (tertiary/aromatic N) is 3. The first-order chi connectivity index (χ1) is 14.9. The van der Waals surface area contributed by atoms with Crippen molar-refractivity contribution in [2.75, 3.05) is 13.1 Å². The van der Waals surface area contributed by atoms with E-state index in [1.165, 1.54) is 5.56 Å². The molecule has 0 saturated carbocycles. The zero-order chi connectivity index (χ0) is 21.7. The molecule has 2 atom stereocenters. The monoisotopic (exact) mass is 439 g/mol. The Morgan fingerprint density at radius 1 is 1.16 bits per heavy atom. The van der Waals surface area contributed by atoms with E-state index < -0.39 is 0 Å². The largest absolute Gasteiger partial charge is 0.455 e. The molecule has 1 aliphatic heterocycles. The van der Waals surface area contributed by atoms with Crippen LogP contribution in [0.15, 0.2) is 34.9 Å². The quantitative estimate of drug-likeness (QED) is 0.602. The second kappa shape index (κ2) is 7.84. The number of furan rings is 1. The molecule has 7 heteroatoms. The molecular weight excluding hydrogens is 414 g/mol. The van der Waals surface area contributed by atoms with Gasteiger partial charge in [0.25, 0.3) is 5.91 Å². The van der Waals surface area contributed by atoms with Gasteiger partial charge in [-0.1, -0.05) is 23.7 Å². The molecule has 3 heterocycles. The van der Waals surface area contributed by atoms with Gasteiger partial charge in [-0.2, -0.15) is 5.10 Å². The molecule has 0 N–H and O–H groups in total. The molecule has 3 aromatic rings. The molecule has 1 aromatic carbocycles. The second-order valence-electron chi connectivity index (χ2n) is 8.65. The Morgan fingerprint density at radius 2 is 1.87 bits per heavy atom. The molecule has 162 valence electrons. The lowest BCUT2D eigenvalue weighted by Gasteiger charge is -2.34. The Morgan fingerprint density at radius 3 is 2.58 bits per heavy atom. The third kappa shape index (κ3) is 3.79. The predicted molar refractivity (Wildman–Crippen MR) is 119 cm³/mol. The fraction of sp³-hybridized carbons (Fsp3) is 0.417. The van der Waals surface area contributed by atoms with E-state index in [-0.39, 0.29) is 18.1 Å². The normalized spacial score (nSPS) is 20.5. The van der Waals surface area contributed by atoms with Gasteiger partial charge in [-0.3, -0.25) is 9.48 Å². The highest BCUT2D eigenvalue weighted by Crippen LogP contribution is 2.39. The zero-order valence-corrected chi connectivity index (χ0v) is 18.8.